The highest BCUT2D eigenvalue weighted by molar-refractivity contribution is 7.90. The predicted molar refractivity (Wildman–Crippen MR) is 134 cm³/mol. The van der Waals surface area contributed by atoms with Gasteiger partial charge in [-0.2, -0.15) is 0 Å². The second-order valence-electron chi connectivity index (χ2n) is 8.38. The first-order valence-electron chi connectivity index (χ1n) is 10.6. The van der Waals surface area contributed by atoms with Crippen molar-refractivity contribution < 1.29 is 18.4 Å². The van der Waals surface area contributed by atoms with Gasteiger partial charge >= 0.3 is 0 Å². The summed E-state index contributed by atoms with van der Waals surface area (Å²) in [5.41, 5.74) is 2.97. The summed E-state index contributed by atoms with van der Waals surface area (Å²) in [7, 11) is 0.163. The number of aromatic hydroxyl groups is 1. The predicted octanol–water partition coefficient (Wildman–Crippen LogP) is 5.47. The molecule has 4 aromatic rings. The highest BCUT2D eigenvalue weighted by atomic mass is 32.2. The largest absolute Gasteiger partial charge is 0.508 e. The molecule has 0 saturated carbocycles. The maximum absolute atomic E-state index is 13.5. The first-order valence-corrected chi connectivity index (χ1v) is 12.2. The van der Waals surface area contributed by atoms with Crippen molar-refractivity contribution >= 4 is 32.0 Å². The number of benzene rings is 4. The second kappa shape index (κ2) is 8.79. The van der Waals surface area contributed by atoms with Gasteiger partial charge in [-0.25, -0.2) is 8.42 Å². The summed E-state index contributed by atoms with van der Waals surface area (Å²) in [5.74, 6) is -0.385. The first kappa shape index (κ1) is 23.3. The number of hydrogen-bond acceptors (Lipinski definition) is 6. The van der Waals surface area contributed by atoms with E-state index in [-0.39, 0.29) is 22.1 Å². The number of sulfone groups is 1. The molecule has 0 aromatic heterocycles. The smallest absolute Gasteiger partial charge is 0.280 e. The number of nitro groups is 1. The van der Waals surface area contributed by atoms with Crippen molar-refractivity contribution in [2.75, 3.05) is 19.0 Å². The molecule has 34 heavy (non-hydrogen) atoms. The fourth-order valence-corrected chi connectivity index (χ4v) is 5.84. The lowest BCUT2D eigenvalue weighted by Gasteiger charge is -2.17. The Balaban J connectivity index is 1.73. The molecule has 0 unspecified atom stereocenters. The Morgan fingerprint density at radius 1 is 0.941 bits per heavy atom. The lowest BCUT2D eigenvalue weighted by molar-refractivity contribution is -0.384. The first-order chi connectivity index (χ1) is 16.1. The number of anilines is 1. The number of rotatable bonds is 6. The number of fused-ring (bicyclic) bond motifs is 1. The molecule has 8 heteroatoms. The Morgan fingerprint density at radius 3 is 2.32 bits per heavy atom. The molecule has 4 rings (SSSR count). The summed E-state index contributed by atoms with van der Waals surface area (Å²) < 4.78 is 26.9. The van der Waals surface area contributed by atoms with Crippen molar-refractivity contribution in [1.82, 2.24) is 0 Å². The third-order valence-corrected chi connectivity index (χ3v) is 7.57. The van der Waals surface area contributed by atoms with E-state index in [9.17, 15) is 23.6 Å². The maximum Gasteiger partial charge on any atom is 0.280 e. The van der Waals surface area contributed by atoms with Crippen LogP contribution in [0.2, 0.25) is 0 Å². The quantitative estimate of drug-likeness (QED) is 0.293. The van der Waals surface area contributed by atoms with E-state index in [2.05, 4.69) is 0 Å². The van der Waals surface area contributed by atoms with Crippen molar-refractivity contribution in [3.8, 4) is 16.9 Å². The lowest BCUT2D eigenvalue weighted by Crippen LogP contribution is -2.10. The van der Waals surface area contributed by atoms with Gasteiger partial charge in [0, 0.05) is 30.6 Å². The molecule has 0 amide bonds. The van der Waals surface area contributed by atoms with Crippen LogP contribution in [0.4, 0.5) is 11.4 Å². The van der Waals surface area contributed by atoms with Gasteiger partial charge in [0.1, 0.15) is 5.75 Å². The van der Waals surface area contributed by atoms with Crippen molar-refractivity contribution in [2.45, 2.75) is 17.6 Å². The van der Waals surface area contributed by atoms with Crippen molar-refractivity contribution in [2.24, 2.45) is 0 Å². The monoisotopic (exact) mass is 476 g/mol. The zero-order valence-corrected chi connectivity index (χ0v) is 19.8. The number of hydrogen-bond donors (Lipinski definition) is 1. The van der Waals surface area contributed by atoms with Crippen LogP contribution in [0.15, 0.2) is 77.7 Å². The van der Waals surface area contributed by atoms with Crippen molar-refractivity contribution in [1.29, 1.82) is 0 Å². The normalized spacial score (nSPS) is 11.5. The number of phenols is 1. The molecule has 174 valence electrons. The molecular formula is C26H24N2O5S. The summed E-state index contributed by atoms with van der Waals surface area (Å²) in [6.45, 7) is 1.79. The molecule has 0 heterocycles. The summed E-state index contributed by atoms with van der Waals surface area (Å²) in [6.07, 6.45) is 0. The highest BCUT2D eigenvalue weighted by Gasteiger charge is 2.22. The Hall–Kier alpha value is -3.91. The van der Waals surface area contributed by atoms with Gasteiger partial charge in [0.25, 0.3) is 5.69 Å². The molecule has 0 atom stereocenters. The SMILES string of the molecule is Cc1cc(-c2ccc(O)cc2[N+](=O)[O-])ccc1CS(=O)(=O)c1cccc2c(N(C)C)cccc12. The summed E-state index contributed by atoms with van der Waals surface area (Å²) in [4.78, 5) is 13.1. The van der Waals surface area contributed by atoms with Crippen molar-refractivity contribution in [3.63, 3.8) is 0 Å². The zero-order valence-electron chi connectivity index (χ0n) is 19.0. The average Bonchev–Trinajstić information content (AvgIpc) is 2.79. The number of phenolic OH excluding ortho intramolecular Hbond substituents is 1. The van der Waals surface area contributed by atoms with Crippen LogP contribution in [0.25, 0.3) is 21.9 Å². The molecule has 0 aliphatic heterocycles. The highest BCUT2D eigenvalue weighted by Crippen LogP contribution is 2.35. The third kappa shape index (κ3) is 4.32. The van der Waals surface area contributed by atoms with Crippen LogP contribution in [-0.2, 0) is 15.6 Å². The Kier molecular flexibility index (Phi) is 6.01. The van der Waals surface area contributed by atoms with E-state index in [1.807, 2.05) is 43.3 Å². The van der Waals surface area contributed by atoms with Crippen LogP contribution >= 0.6 is 0 Å². The Labute approximate surface area is 198 Å². The zero-order chi connectivity index (χ0) is 24.6. The molecule has 1 N–H and O–H groups in total. The van der Waals surface area contributed by atoms with E-state index < -0.39 is 14.8 Å². The molecule has 4 aromatic carbocycles. The van der Waals surface area contributed by atoms with E-state index in [0.717, 1.165) is 17.1 Å². The van der Waals surface area contributed by atoms with E-state index in [1.165, 1.54) is 12.1 Å². The standard InChI is InChI=1S/C26H24N2O5S/c1-17-14-18(21-13-12-20(29)15-25(21)28(30)31)10-11-19(17)16-34(32,33)26-9-5-6-22-23(26)7-4-8-24(22)27(2)3/h4-15,29H,16H2,1-3H3. The van der Waals surface area contributed by atoms with Gasteiger partial charge < -0.3 is 10.0 Å². The van der Waals surface area contributed by atoms with Crippen LogP contribution in [0.3, 0.4) is 0 Å². The van der Waals surface area contributed by atoms with Crippen LogP contribution in [0.5, 0.6) is 5.75 Å². The molecule has 0 aliphatic carbocycles. The lowest BCUT2D eigenvalue weighted by atomic mass is 9.99. The molecule has 0 radical (unpaired) electrons. The second-order valence-corrected chi connectivity index (χ2v) is 10.3. The number of nitro benzene ring substituents is 1. The van der Waals surface area contributed by atoms with E-state index in [4.69, 9.17) is 0 Å². The molecule has 0 spiro atoms. The summed E-state index contributed by atoms with van der Waals surface area (Å²) >= 11 is 0. The number of aryl methyl sites for hydroxylation is 1. The molecule has 7 nitrogen and oxygen atoms in total. The van der Waals surface area contributed by atoms with E-state index in [0.29, 0.717) is 27.6 Å². The topological polar surface area (TPSA) is 101 Å². The van der Waals surface area contributed by atoms with Crippen LogP contribution in [0.1, 0.15) is 11.1 Å². The van der Waals surface area contributed by atoms with Gasteiger partial charge in [0.05, 0.1) is 27.2 Å². The van der Waals surface area contributed by atoms with Crippen LogP contribution in [-0.4, -0.2) is 32.5 Å². The molecule has 0 bridgehead atoms. The maximum atomic E-state index is 13.5. The van der Waals surface area contributed by atoms with Gasteiger partial charge in [0.2, 0.25) is 0 Å². The molecule has 0 fully saturated rings. The van der Waals surface area contributed by atoms with Gasteiger partial charge in [0.15, 0.2) is 9.84 Å². The van der Waals surface area contributed by atoms with Crippen molar-refractivity contribution in [3.05, 3.63) is 94.0 Å². The van der Waals surface area contributed by atoms with Crippen LogP contribution < -0.4 is 4.90 Å². The summed E-state index contributed by atoms with van der Waals surface area (Å²) in [6, 6.07) is 20.0. The molecular weight excluding hydrogens is 452 g/mol. The van der Waals surface area contributed by atoms with Gasteiger partial charge in [-0.1, -0.05) is 42.5 Å². The van der Waals surface area contributed by atoms with Crippen LogP contribution in [0, 0.1) is 17.0 Å². The number of nitrogens with zero attached hydrogens (tertiary/aromatic N) is 2. The average molecular weight is 477 g/mol. The minimum absolute atomic E-state index is 0.192. The summed E-state index contributed by atoms with van der Waals surface area (Å²) in [5, 5.41) is 22.6. The Bertz CT molecular complexity index is 1530. The Morgan fingerprint density at radius 2 is 1.65 bits per heavy atom. The third-order valence-electron chi connectivity index (χ3n) is 5.85. The van der Waals surface area contributed by atoms with E-state index >= 15 is 0 Å². The van der Waals surface area contributed by atoms with Gasteiger partial charge in [-0.15, -0.1) is 0 Å². The fraction of sp³-hybridized carbons (Fsp3) is 0.154. The molecule has 0 aliphatic rings. The minimum Gasteiger partial charge on any atom is -0.508 e. The van der Waals surface area contributed by atoms with E-state index in [1.54, 1.807) is 37.3 Å². The minimum atomic E-state index is -3.67. The van der Waals surface area contributed by atoms with Gasteiger partial charge in [-0.3, -0.25) is 10.1 Å². The molecule has 0 saturated heterocycles. The van der Waals surface area contributed by atoms with Gasteiger partial charge in [-0.05, 0) is 47.9 Å². The fourth-order valence-electron chi connectivity index (χ4n) is 4.15.